The molecule has 4 heteroatoms. The minimum absolute atomic E-state index is 0.534. The van der Waals surface area contributed by atoms with E-state index in [0.717, 1.165) is 24.0 Å². The van der Waals surface area contributed by atoms with Gasteiger partial charge in [-0.1, -0.05) is 44.7 Å². The Bertz CT molecular complexity index is 395. The molecule has 0 amide bonds. The summed E-state index contributed by atoms with van der Waals surface area (Å²) in [5, 5.41) is 4.06. The zero-order chi connectivity index (χ0) is 13.0. The van der Waals surface area contributed by atoms with Gasteiger partial charge in [0.25, 0.3) is 0 Å². The Hall–Kier alpha value is -0.830. The van der Waals surface area contributed by atoms with Crippen LogP contribution < -0.4 is 5.32 Å². The van der Waals surface area contributed by atoms with Gasteiger partial charge in [0.15, 0.2) is 0 Å². The Morgan fingerprint density at radius 1 is 1.33 bits per heavy atom. The largest absolute Gasteiger partial charge is 0.367 e. The molecule has 1 aromatic heterocycles. The van der Waals surface area contributed by atoms with E-state index in [0.29, 0.717) is 11.2 Å². The number of aromatic nitrogens is 2. The van der Waals surface area contributed by atoms with E-state index in [2.05, 4.69) is 22.2 Å². The lowest BCUT2D eigenvalue weighted by Crippen LogP contribution is -2.27. The van der Waals surface area contributed by atoms with Crippen LogP contribution in [-0.2, 0) is 6.42 Å². The molecule has 1 saturated carbocycles. The Balaban J connectivity index is 2.02. The Morgan fingerprint density at radius 3 is 2.89 bits per heavy atom. The van der Waals surface area contributed by atoms with E-state index in [-0.39, 0.29) is 0 Å². The van der Waals surface area contributed by atoms with E-state index in [1.54, 1.807) is 0 Å². The van der Waals surface area contributed by atoms with Crippen LogP contribution in [0.25, 0.3) is 0 Å². The van der Waals surface area contributed by atoms with Gasteiger partial charge in [-0.05, 0) is 18.8 Å². The van der Waals surface area contributed by atoms with E-state index in [9.17, 15) is 0 Å². The Kier molecular flexibility index (Phi) is 4.81. The maximum Gasteiger partial charge on any atom is 0.134 e. The summed E-state index contributed by atoms with van der Waals surface area (Å²) >= 11 is 6.01. The topological polar surface area (TPSA) is 37.8 Å². The summed E-state index contributed by atoms with van der Waals surface area (Å²) in [5.41, 5.74) is 0. The second-order valence-electron chi connectivity index (χ2n) is 5.13. The van der Waals surface area contributed by atoms with Gasteiger partial charge in [-0.25, -0.2) is 9.97 Å². The summed E-state index contributed by atoms with van der Waals surface area (Å²) in [6, 6.07) is 2.37. The van der Waals surface area contributed by atoms with Gasteiger partial charge in [-0.3, -0.25) is 0 Å². The molecular formula is C14H22ClN3. The molecule has 1 aliphatic rings. The fourth-order valence-corrected chi connectivity index (χ4v) is 2.90. The lowest BCUT2D eigenvalue weighted by Gasteiger charge is -2.29. The highest BCUT2D eigenvalue weighted by Crippen LogP contribution is 2.28. The van der Waals surface area contributed by atoms with E-state index in [4.69, 9.17) is 11.6 Å². The minimum atomic E-state index is 0.534. The van der Waals surface area contributed by atoms with Crippen LogP contribution in [0.2, 0.25) is 5.15 Å². The molecule has 2 unspecified atom stereocenters. The van der Waals surface area contributed by atoms with Gasteiger partial charge in [0.1, 0.15) is 16.8 Å². The molecule has 0 saturated heterocycles. The first-order valence-corrected chi connectivity index (χ1v) is 7.39. The first-order valence-electron chi connectivity index (χ1n) is 7.01. The predicted octanol–water partition coefficient (Wildman–Crippen LogP) is 4.07. The van der Waals surface area contributed by atoms with Crippen molar-refractivity contribution >= 4 is 17.4 Å². The van der Waals surface area contributed by atoms with Crippen LogP contribution >= 0.6 is 11.6 Å². The van der Waals surface area contributed by atoms with Crippen molar-refractivity contribution in [3.8, 4) is 0 Å². The number of rotatable bonds is 4. The number of halogens is 1. The highest BCUT2D eigenvalue weighted by atomic mass is 35.5. The molecule has 3 nitrogen and oxygen atoms in total. The lowest BCUT2D eigenvalue weighted by molar-refractivity contribution is 0.327. The lowest BCUT2D eigenvalue weighted by atomic mass is 9.84. The highest BCUT2D eigenvalue weighted by molar-refractivity contribution is 6.29. The van der Waals surface area contributed by atoms with Gasteiger partial charge in [0.2, 0.25) is 0 Å². The molecule has 1 heterocycles. The number of aryl methyl sites for hydroxylation is 1. The summed E-state index contributed by atoms with van der Waals surface area (Å²) in [7, 11) is 0. The van der Waals surface area contributed by atoms with Crippen molar-refractivity contribution in [2.75, 3.05) is 5.32 Å². The third kappa shape index (κ3) is 3.58. The molecule has 2 atom stereocenters. The van der Waals surface area contributed by atoms with Crippen LogP contribution in [0.4, 0.5) is 5.82 Å². The Labute approximate surface area is 114 Å². The van der Waals surface area contributed by atoms with Crippen molar-refractivity contribution in [1.82, 2.24) is 9.97 Å². The number of nitrogens with one attached hydrogen (secondary N) is 1. The molecule has 0 radical (unpaired) electrons. The van der Waals surface area contributed by atoms with E-state index in [1.807, 2.05) is 13.0 Å². The number of anilines is 1. The fraction of sp³-hybridized carbons (Fsp3) is 0.714. The van der Waals surface area contributed by atoms with Gasteiger partial charge in [0.05, 0.1) is 0 Å². The molecule has 0 aromatic carbocycles. The van der Waals surface area contributed by atoms with Gasteiger partial charge in [-0.2, -0.15) is 0 Å². The van der Waals surface area contributed by atoms with Crippen molar-refractivity contribution in [1.29, 1.82) is 0 Å². The predicted molar refractivity (Wildman–Crippen MR) is 76.1 cm³/mol. The summed E-state index contributed by atoms with van der Waals surface area (Å²) in [4.78, 5) is 8.68. The van der Waals surface area contributed by atoms with Crippen molar-refractivity contribution in [3.63, 3.8) is 0 Å². The second-order valence-corrected chi connectivity index (χ2v) is 5.52. The number of nitrogens with zero attached hydrogens (tertiary/aromatic N) is 2. The van der Waals surface area contributed by atoms with Crippen LogP contribution in [0.3, 0.4) is 0 Å². The van der Waals surface area contributed by atoms with Crippen LogP contribution in [0.15, 0.2) is 6.07 Å². The minimum Gasteiger partial charge on any atom is -0.367 e. The first kappa shape index (κ1) is 13.6. The molecule has 1 fully saturated rings. The molecule has 1 aliphatic carbocycles. The zero-order valence-corrected chi connectivity index (χ0v) is 12.0. The maximum atomic E-state index is 6.01. The van der Waals surface area contributed by atoms with Crippen LogP contribution in [-0.4, -0.2) is 16.0 Å². The summed E-state index contributed by atoms with van der Waals surface area (Å²) in [6.45, 7) is 4.33. The normalized spacial score (nSPS) is 23.9. The number of hydrogen-bond donors (Lipinski definition) is 1. The molecule has 0 spiro atoms. The molecule has 100 valence electrons. The maximum absolute atomic E-state index is 6.01. The van der Waals surface area contributed by atoms with Crippen molar-refractivity contribution in [2.24, 2.45) is 5.92 Å². The molecule has 0 aliphatic heterocycles. The van der Waals surface area contributed by atoms with Gasteiger partial charge >= 0.3 is 0 Å². The zero-order valence-electron chi connectivity index (χ0n) is 11.2. The Morgan fingerprint density at radius 2 is 2.17 bits per heavy atom. The fourth-order valence-electron chi connectivity index (χ4n) is 2.70. The standard InChI is InChI=1S/C14H22ClN3/c1-3-10-6-5-7-11(8-10)16-14-9-12(15)17-13(4-2)18-14/h9-11H,3-8H2,1-2H3,(H,16,17,18). The SMILES string of the molecule is CCc1nc(Cl)cc(NC2CCCC(CC)C2)n1. The van der Waals surface area contributed by atoms with Crippen LogP contribution in [0.5, 0.6) is 0 Å². The summed E-state index contributed by atoms with van der Waals surface area (Å²) in [6.07, 6.45) is 7.27. The van der Waals surface area contributed by atoms with Crippen molar-refractivity contribution in [3.05, 3.63) is 17.0 Å². The van der Waals surface area contributed by atoms with Crippen molar-refractivity contribution < 1.29 is 0 Å². The average Bonchev–Trinajstić information content (AvgIpc) is 2.38. The highest BCUT2D eigenvalue weighted by Gasteiger charge is 2.21. The molecular weight excluding hydrogens is 246 g/mol. The summed E-state index contributed by atoms with van der Waals surface area (Å²) < 4.78 is 0. The first-order chi connectivity index (χ1) is 8.71. The molecule has 2 rings (SSSR count). The van der Waals surface area contributed by atoms with Crippen molar-refractivity contribution in [2.45, 2.75) is 58.4 Å². The third-order valence-electron chi connectivity index (χ3n) is 3.77. The van der Waals surface area contributed by atoms with Crippen LogP contribution in [0.1, 0.15) is 51.8 Å². The van der Waals surface area contributed by atoms with Gasteiger partial charge in [-0.15, -0.1) is 0 Å². The van der Waals surface area contributed by atoms with Gasteiger partial charge < -0.3 is 5.32 Å². The third-order valence-corrected chi connectivity index (χ3v) is 3.96. The van der Waals surface area contributed by atoms with Crippen LogP contribution in [0, 0.1) is 5.92 Å². The second kappa shape index (κ2) is 6.37. The molecule has 18 heavy (non-hydrogen) atoms. The molecule has 1 N–H and O–H groups in total. The van der Waals surface area contributed by atoms with E-state index >= 15 is 0 Å². The smallest absolute Gasteiger partial charge is 0.134 e. The van der Waals surface area contributed by atoms with E-state index in [1.165, 1.54) is 32.1 Å². The molecule has 0 bridgehead atoms. The monoisotopic (exact) mass is 267 g/mol. The van der Waals surface area contributed by atoms with Gasteiger partial charge in [0, 0.05) is 18.5 Å². The van der Waals surface area contributed by atoms with E-state index < -0.39 is 0 Å². The average molecular weight is 268 g/mol. The quantitative estimate of drug-likeness (QED) is 0.836. The number of hydrogen-bond acceptors (Lipinski definition) is 3. The molecule has 1 aromatic rings. The summed E-state index contributed by atoms with van der Waals surface area (Å²) in [5.74, 6) is 2.56.